The number of H-pyrrole nitrogens is 1. The summed E-state index contributed by atoms with van der Waals surface area (Å²) in [5.41, 5.74) is 1.24. The van der Waals surface area contributed by atoms with Gasteiger partial charge in [-0.1, -0.05) is 0 Å². The number of fused-ring (bicyclic) bond motifs is 1. The fourth-order valence-corrected chi connectivity index (χ4v) is 1.75. The zero-order valence-corrected chi connectivity index (χ0v) is 9.31. The van der Waals surface area contributed by atoms with Crippen LogP contribution in [0.1, 0.15) is 0 Å². The van der Waals surface area contributed by atoms with Crippen LogP contribution in [0.5, 0.6) is 0 Å². The van der Waals surface area contributed by atoms with E-state index in [1.165, 1.54) is 23.8 Å². The molecule has 84 valence electrons. The van der Waals surface area contributed by atoms with E-state index in [0.29, 0.717) is 15.8 Å². The molecular formula is C10H9FN2O2S. The van der Waals surface area contributed by atoms with E-state index in [9.17, 15) is 9.18 Å². The standard InChI is InChI=1S/C10H9FN2O2S/c1-15-9(14)5-13-8-4-6(11)2-3-7(8)12-10(13)16/h2-4H,5H2,1H3,(H,12,16). The van der Waals surface area contributed by atoms with Crippen molar-refractivity contribution >= 4 is 29.2 Å². The molecular weight excluding hydrogens is 231 g/mol. The molecule has 1 heterocycles. The Morgan fingerprint density at radius 3 is 3.06 bits per heavy atom. The minimum atomic E-state index is -0.429. The molecule has 0 spiro atoms. The summed E-state index contributed by atoms with van der Waals surface area (Å²) < 4.78 is 19.5. The molecule has 0 bridgehead atoms. The van der Waals surface area contributed by atoms with Crippen molar-refractivity contribution in [1.29, 1.82) is 0 Å². The fourth-order valence-electron chi connectivity index (χ4n) is 1.48. The van der Waals surface area contributed by atoms with Crippen LogP contribution in [0.2, 0.25) is 0 Å². The number of halogens is 1. The van der Waals surface area contributed by atoms with Gasteiger partial charge in [0.1, 0.15) is 12.4 Å². The number of carbonyl (C=O) groups is 1. The number of imidazole rings is 1. The summed E-state index contributed by atoms with van der Waals surface area (Å²) in [6, 6.07) is 4.23. The normalized spacial score (nSPS) is 10.6. The van der Waals surface area contributed by atoms with Crippen LogP contribution < -0.4 is 0 Å². The number of benzene rings is 1. The molecule has 0 fully saturated rings. The van der Waals surface area contributed by atoms with Crippen molar-refractivity contribution in [3.05, 3.63) is 28.8 Å². The Morgan fingerprint density at radius 2 is 2.38 bits per heavy atom. The highest BCUT2D eigenvalue weighted by Gasteiger charge is 2.09. The van der Waals surface area contributed by atoms with Crippen molar-refractivity contribution in [3.63, 3.8) is 0 Å². The van der Waals surface area contributed by atoms with Gasteiger partial charge in [-0.3, -0.25) is 4.79 Å². The third kappa shape index (κ3) is 1.83. The van der Waals surface area contributed by atoms with Crippen molar-refractivity contribution in [2.24, 2.45) is 0 Å². The predicted octanol–water partition coefficient (Wildman–Crippen LogP) is 2.01. The number of methoxy groups -OCH3 is 1. The first-order valence-electron chi connectivity index (χ1n) is 4.56. The van der Waals surface area contributed by atoms with Crippen LogP contribution in [0.25, 0.3) is 11.0 Å². The Bertz CT molecular complexity index is 602. The molecule has 0 saturated carbocycles. The van der Waals surface area contributed by atoms with Crippen LogP contribution in [0, 0.1) is 10.6 Å². The molecule has 0 amide bonds. The largest absolute Gasteiger partial charge is 0.468 e. The molecule has 0 saturated heterocycles. The van der Waals surface area contributed by atoms with Crippen molar-refractivity contribution in [2.75, 3.05) is 7.11 Å². The number of aromatic nitrogens is 2. The lowest BCUT2D eigenvalue weighted by Crippen LogP contribution is -2.11. The third-order valence-electron chi connectivity index (χ3n) is 2.25. The Kier molecular flexibility index (Phi) is 2.74. The van der Waals surface area contributed by atoms with Gasteiger partial charge < -0.3 is 14.3 Å². The topological polar surface area (TPSA) is 47.0 Å². The summed E-state index contributed by atoms with van der Waals surface area (Å²) in [4.78, 5) is 14.1. The SMILES string of the molecule is COC(=O)Cn1c(=S)[nH]c2ccc(F)cc21. The second-order valence-electron chi connectivity index (χ2n) is 3.25. The van der Waals surface area contributed by atoms with Crippen molar-refractivity contribution in [3.8, 4) is 0 Å². The Balaban J connectivity index is 2.58. The average molecular weight is 240 g/mol. The molecule has 4 nitrogen and oxygen atoms in total. The molecule has 1 N–H and O–H groups in total. The van der Waals surface area contributed by atoms with E-state index in [4.69, 9.17) is 12.2 Å². The van der Waals surface area contributed by atoms with Crippen LogP contribution in [0.4, 0.5) is 4.39 Å². The molecule has 2 aromatic rings. The van der Waals surface area contributed by atoms with Gasteiger partial charge in [0.2, 0.25) is 0 Å². The average Bonchev–Trinajstić information content (AvgIpc) is 2.55. The van der Waals surface area contributed by atoms with E-state index < -0.39 is 5.97 Å². The van der Waals surface area contributed by atoms with Gasteiger partial charge in [0.05, 0.1) is 18.1 Å². The number of rotatable bonds is 2. The maximum absolute atomic E-state index is 13.1. The second-order valence-corrected chi connectivity index (χ2v) is 3.64. The van der Waals surface area contributed by atoms with Crippen molar-refractivity contribution in [1.82, 2.24) is 9.55 Å². The zero-order chi connectivity index (χ0) is 11.7. The van der Waals surface area contributed by atoms with Crippen molar-refractivity contribution < 1.29 is 13.9 Å². The Labute approximate surface area is 95.6 Å². The molecule has 16 heavy (non-hydrogen) atoms. The van der Waals surface area contributed by atoms with Crippen LogP contribution in [0.3, 0.4) is 0 Å². The summed E-state index contributed by atoms with van der Waals surface area (Å²) in [5.74, 6) is -0.804. The Hall–Kier alpha value is -1.69. The van der Waals surface area contributed by atoms with Crippen LogP contribution in [-0.2, 0) is 16.1 Å². The molecule has 1 aromatic heterocycles. The highest BCUT2D eigenvalue weighted by atomic mass is 32.1. The van der Waals surface area contributed by atoms with Crippen LogP contribution in [0.15, 0.2) is 18.2 Å². The maximum Gasteiger partial charge on any atom is 0.325 e. The maximum atomic E-state index is 13.1. The van der Waals surface area contributed by atoms with E-state index in [-0.39, 0.29) is 12.4 Å². The smallest absolute Gasteiger partial charge is 0.325 e. The molecule has 2 rings (SSSR count). The van der Waals surface area contributed by atoms with E-state index in [1.807, 2.05) is 0 Å². The number of hydrogen-bond acceptors (Lipinski definition) is 3. The lowest BCUT2D eigenvalue weighted by Gasteiger charge is -2.02. The Morgan fingerprint density at radius 1 is 1.62 bits per heavy atom. The monoisotopic (exact) mass is 240 g/mol. The summed E-state index contributed by atoms with van der Waals surface area (Å²) in [6.07, 6.45) is 0. The highest BCUT2D eigenvalue weighted by molar-refractivity contribution is 7.71. The zero-order valence-electron chi connectivity index (χ0n) is 8.49. The van der Waals surface area contributed by atoms with E-state index >= 15 is 0 Å². The number of hydrogen-bond donors (Lipinski definition) is 1. The predicted molar refractivity (Wildman–Crippen MR) is 59.1 cm³/mol. The summed E-state index contributed by atoms with van der Waals surface area (Å²) in [7, 11) is 1.29. The van der Waals surface area contributed by atoms with Gasteiger partial charge in [-0.15, -0.1) is 0 Å². The summed E-state index contributed by atoms with van der Waals surface area (Å²) in [6.45, 7) is -0.0290. The van der Waals surface area contributed by atoms with E-state index in [1.54, 1.807) is 6.07 Å². The lowest BCUT2D eigenvalue weighted by atomic mass is 10.3. The number of nitrogens with zero attached hydrogens (tertiary/aromatic N) is 1. The molecule has 1 aromatic carbocycles. The molecule has 0 radical (unpaired) electrons. The number of carbonyl (C=O) groups excluding carboxylic acids is 1. The summed E-state index contributed by atoms with van der Waals surface area (Å²) >= 11 is 5.04. The first kappa shape index (κ1) is 10.8. The van der Waals surface area contributed by atoms with Crippen LogP contribution in [-0.4, -0.2) is 22.6 Å². The van der Waals surface area contributed by atoms with E-state index in [0.717, 1.165) is 0 Å². The van der Waals surface area contributed by atoms with Gasteiger partial charge in [0.25, 0.3) is 0 Å². The van der Waals surface area contributed by atoms with Gasteiger partial charge in [-0.25, -0.2) is 4.39 Å². The lowest BCUT2D eigenvalue weighted by molar-refractivity contribution is -0.141. The molecule has 0 aliphatic rings. The summed E-state index contributed by atoms with van der Waals surface area (Å²) in [5, 5.41) is 0. The molecule has 0 atom stereocenters. The van der Waals surface area contributed by atoms with Gasteiger partial charge >= 0.3 is 5.97 Å². The van der Waals surface area contributed by atoms with Crippen molar-refractivity contribution in [2.45, 2.75) is 6.54 Å². The molecule has 6 heteroatoms. The quantitative estimate of drug-likeness (QED) is 0.645. The van der Waals surface area contributed by atoms with E-state index in [2.05, 4.69) is 9.72 Å². The van der Waals surface area contributed by atoms with Gasteiger partial charge in [0.15, 0.2) is 4.77 Å². The minimum absolute atomic E-state index is 0.0290. The molecule has 0 unspecified atom stereocenters. The number of aromatic amines is 1. The minimum Gasteiger partial charge on any atom is -0.468 e. The fraction of sp³-hybridized carbons (Fsp3) is 0.200. The number of nitrogens with one attached hydrogen (secondary N) is 1. The first-order valence-corrected chi connectivity index (χ1v) is 4.97. The van der Waals surface area contributed by atoms with Gasteiger partial charge in [-0.05, 0) is 30.4 Å². The van der Waals surface area contributed by atoms with Gasteiger partial charge in [-0.2, -0.15) is 0 Å². The number of esters is 1. The second kappa shape index (κ2) is 4.05. The first-order chi connectivity index (χ1) is 7.61. The van der Waals surface area contributed by atoms with Crippen LogP contribution >= 0.6 is 12.2 Å². The highest BCUT2D eigenvalue weighted by Crippen LogP contribution is 2.15. The molecule has 0 aliphatic carbocycles. The number of ether oxygens (including phenoxy) is 1. The third-order valence-corrected chi connectivity index (χ3v) is 2.57. The van der Waals surface area contributed by atoms with Gasteiger partial charge in [0, 0.05) is 0 Å². The molecule has 0 aliphatic heterocycles.